The predicted molar refractivity (Wildman–Crippen MR) is 96.8 cm³/mol. The number of anilines is 1. The smallest absolute Gasteiger partial charge is 0.262 e. The first-order chi connectivity index (χ1) is 12.7. The molecule has 1 N–H and O–H groups in total. The molecule has 3 aromatic rings. The molecule has 2 aromatic carbocycles. The van der Waals surface area contributed by atoms with Crippen LogP contribution in [0.2, 0.25) is 0 Å². The molecule has 130 valence electrons. The Kier molecular flexibility index (Phi) is 5.51. The van der Waals surface area contributed by atoms with Crippen LogP contribution >= 0.6 is 11.8 Å². The second kappa shape index (κ2) is 8.18. The summed E-state index contributed by atoms with van der Waals surface area (Å²) in [6.45, 7) is -0.172. The number of ether oxygens (including phenoxy) is 1. The topological polar surface area (TPSA) is 92.8 Å². The molecule has 0 spiro atoms. The molecule has 0 aliphatic carbocycles. The molecule has 0 saturated carbocycles. The highest BCUT2D eigenvalue weighted by Crippen LogP contribution is 2.26. The number of rotatable bonds is 6. The van der Waals surface area contributed by atoms with Gasteiger partial charge in [0.25, 0.3) is 5.91 Å². The third-order valence-corrected chi connectivity index (χ3v) is 4.44. The zero-order valence-electron chi connectivity index (χ0n) is 13.9. The predicted octanol–water partition coefficient (Wildman–Crippen LogP) is 2.86. The molecular weight excluding hydrogens is 350 g/mol. The number of amides is 1. The number of para-hydroxylation sites is 1. The van der Waals surface area contributed by atoms with Crippen molar-refractivity contribution in [1.29, 1.82) is 5.26 Å². The summed E-state index contributed by atoms with van der Waals surface area (Å²) in [6.07, 6.45) is 1.64. The average Bonchev–Trinajstić information content (AvgIpc) is 3.06. The largest absolute Gasteiger partial charge is 0.482 e. The van der Waals surface area contributed by atoms with Crippen molar-refractivity contribution in [1.82, 2.24) is 14.8 Å². The quantitative estimate of drug-likeness (QED) is 0.722. The van der Waals surface area contributed by atoms with Crippen LogP contribution < -0.4 is 10.1 Å². The Balaban J connectivity index is 1.54. The summed E-state index contributed by atoms with van der Waals surface area (Å²) in [7, 11) is 1.88. The van der Waals surface area contributed by atoms with Crippen LogP contribution in [-0.4, -0.2) is 27.3 Å². The zero-order chi connectivity index (χ0) is 18.4. The second-order valence-electron chi connectivity index (χ2n) is 5.30. The molecule has 0 bridgehead atoms. The number of carbonyl (C=O) groups is 1. The normalized spacial score (nSPS) is 10.2. The number of nitrogens with zero attached hydrogens (tertiary/aromatic N) is 4. The zero-order valence-corrected chi connectivity index (χ0v) is 14.7. The Morgan fingerprint density at radius 3 is 2.73 bits per heavy atom. The minimum atomic E-state index is -0.300. The molecule has 1 heterocycles. The first-order valence-corrected chi connectivity index (χ1v) is 8.51. The van der Waals surface area contributed by atoms with Gasteiger partial charge in [0.2, 0.25) is 0 Å². The molecule has 0 saturated heterocycles. The fourth-order valence-electron chi connectivity index (χ4n) is 2.10. The van der Waals surface area contributed by atoms with Gasteiger partial charge < -0.3 is 14.6 Å². The van der Waals surface area contributed by atoms with Crippen molar-refractivity contribution in [2.75, 3.05) is 11.9 Å². The molecule has 0 aliphatic heterocycles. The third-order valence-electron chi connectivity index (χ3n) is 3.38. The Morgan fingerprint density at radius 2 is 2.04 bits per heavy atom. The van der Waals surface area contributed by atoms with Crippen molar-refractivity contribution in [2.24, 2.45) is 7.05 Å². The molecule has 1 amide bonds. The fraction of sp³-hybridized carbons (Fsp3) is 0.111. The number of hydrogen-bond donors (Lipinski definition) is 1. The van der Waals surface area contributed by atoms with E-state index in [0.29, 0.717) is 17.0 Å². The van der Waals surface area contributed by atoms with Gasteiger partial charge in [0, 0.05) is 17.6 Å². The van der Waals surface area contributed by atoms with E-state index in [1.807, 2.05) is 29.8 Å². The highest BCUT2D eigenvalue weighted by molar-refractivity contribution is 7.99. The Morgan fingerprint density at radius 1 is 1.27 bits per heavy atom. The third kappa shape index (κ3) is 4.40. The first-order valence-electron chi connectivity index (χ1n) is 7.69. The molecule has 0 unspecified atom stereocenters. The Hall–Kier alpha value is -3.31. The van der Waals surface area contributed by atoms with Gasteiger partial charge in [-0.1, -0.05) is 12.1 Å². The Bertz CT molecular complexity index is 947. The molecule has 1 aromatic heterocycles. The maximum absolute atomic E-state index is 12.0. The van der Waals surface area contributed by atoms with Crippen LogP contribution in [0.4, 0.5) is 5.69 Å². The second-order valence-corrected chi connectivity index (χ2v) is 6.34. The maximum Gasteiger partial charge on any atom is 0.262 e. The highest BCUT2D eigenvalue weighted by Gasteiger charge is 2.08. The van der Waals surface area contributed by atoms with Crippen molar-refractivity contribution in [3.8, 4) is 11.8 Å². The first kappa shape index (κ1) is 17.5. The molecule has 0 fully saturated rings. The van der Waals surface area contributed by atoms with E-state index in [1.54, 1.807) is 42.7 Å². The van der Waals surface area contributed by atoms with E-state index in [9.17, 15) is 4.79 Å². The van der Waals surface area contributed by atoms with Crippen LogP contribution in [0, 0.1) is 11.3 Å². The van der Waals surface area contributed by atoms with Crippen molar-refractivity contribution < 1.29 is 9.53 Å². The van der Waals surface area contributed by atoms with Crippen LogP contribution in [0.3, 0.4) is 0 Å². The number of benzene rings is 2. The summed E-state index contributed by atoms with van der Waals surface area (Å²) in [5.74, 6) is 0.0898. The molecule has 0 atom stereocenters. The molecule has 26 heavy (non-hydrogen) atoms. The SMILES string of the molecule is Cn1cnnc1Sc1ccc(NC(=O)COc2ccccc2C#N)cc1. The molecule has 8 heteroatoms. The van der Waals surface area contributed by atoms with Gasteiger partial charge in [-0.2, -0.15) is 5.26 Å². The van der Waals surface area contributed by atoms with Crippen molar-refractivity contribution in [2.45, 2.75) is 10.1 Å². The lowest BCUT2D eigenvalue weighted by Crippen LogP contribution is -2.20. The van der Waals surface area contributed by atoms with Gasteiger partial charge in [0.05, 0.1) is 5.56 Å². The van der Waals surface area contributed by atoms with E-state index in [4.69, 9.17) is 10.00 Å². The monoisotopic (exact) mass is 365 g/mol. The Labute approximate surface area is 154 Å². The van der Waals surface area contributed by atoms with E-state index in [-0.39, 0.29) is 12.5 Å². The fourth-order valence-corrected chi connectivity index (χ4v) is 2.86. The lowest BCUT2D eigenvalue weighted by molar-refractivity contribution is -0.118. The van der Waals surface area contributed by atoms with Gasteiger partial charge in [-0.15, -0.1) is 10.2 Å². The van der Waals surface area contributed by atoms with Gasteiger partial charge in [-0.3, -0.25) is 4.79 Å². The molecule has 7 nitrogen and oxygen atoms in total. The van der Waals surface area contributed by atoms with Crippen LogP contribution in [0.5, 0.6) is 5.75 Å². The molecular formula is C18H15N5O2S. The van der Waals surface area contributed by atoms with Crippen LogP contribution in [-0.2, 0) is 11.8 Å². The number of nitrogens with one attached hydrogen (secondary N) is 1. The van der Waals surface area contributed by atoms with Gasteiger partial charge >= 0.3 is 0 Å². The van der Waals surface area contributed by atoms with E-state index >= 15 is 0 Å². The van der Waals surface area contributed by atoms with E-state index in [1.165, 1.54) is 11.8 Å². The summed E-state index contributed by atoms with van der Waals surface area (Å²) in [5, 5.41) is 20.4. The summed E-state index contributed by atoms with van der Waals surface area (Å²) in [6, 6.07) is 16.2. The average molecular weight is 365 g/mol. The lowest BCUT2D eigenvalue weighted by Gasteiger charge is -2.09. The minimum Gasteiger partial charge on any atom is -0.482 e. The molecule has 0 radical (unpaired) electrons. The van der Waals surface area contributed by atoms with Crippen molar-refractivity contribution in [3.63, 3.8) is 0 Å². The van der Waals surface area contributed by atoms with E-state index in [0.717, 1.165) is 10.1 Å². The van der Waals surface area contributed by atoms with Gasteiger partial charge in [0.15, 0.2) is 11.8 Å². The van der Waals surface area contributed by atoms with Crippen LogP contribution in [0.1, 0.15) is 5.56 Å². The summed E-state index contributed by atoms with van der Waals surface area (Å²) >= 11 is 1.48. The molecule has 0 aliphatic rings. The number of nitriles is 1. The number of carbonyl (C=O) groups excluding carboxylic acids is 1. The summed E-state index contributed by atoms with van der Waals surface area (Å²) in [4.78, 5) is 13.0. The number of aryl methyl sites for hydroxylation is 1. The number of aromatic nitrogens is 3. The summed E-state index contributed by atoms with van der Waals surface area (Å²) in [5.41, 5.74) is 1.06. The standard InChI is InChI=1S/C18H15N5O2S/c1-23-12-20-22-18(23)26-15-8-6-14(7-9-15)21-17(24)11-25-16-5-3-2-4-13(16)10-19/h2-9,12H,11H2,1H3,(H,21,24). The van der Waals surface area contributed by atoms with Gasteiger partial charge in [0.1, 0.15) is 18.1 Å². The van der Waals surface area contributed by atoms with Crippen molar-refractivity contribution in [3.05, 3.63) is 60.4 Å². The van der Waals surface area contributed by atoms with Gasteiger partial charge in [-0.05, 0) is 48.2 Å². The maximum atomic E-state index is 12.0. The van der Waals surface area contributed by atoms with Crippen LogP contribution in [0.25, 0.3) is 0 Å². The summed E-state index contributed by atoms with van der Waals surface area (Å²) < 4.78 is 7.24. The van der Waals surface area contributed by atoms with Crippen molar-refractivity contribution >= 4 is 23.4 Å². The van der Waals surface area contributed by atoms with E-state index in [2.05, 4.69) is 15.5 Å². The van der Waals surface area contributed by atoms with Gasteiger partial charge in [-0.25, -0.2) is 0 Å². The van der Waals surface area contributed by atoms with Crippen LogP contribution in [0.15, 0.2) is 64.9 Å². The van der Waals surface area contributed by atoms with E-state index < -0.39 is 0 Å². The molecule has 3 rings (SSSR count). The lowest BCUT2D eigenvalue weighted by atomic mass is 10.2. The minimum absolute atomic E-state index is 0.172. The highest BCUT2D eigenvalue weighted by atomic mass is 32.2. The number of hydrogen-bond acceptors (Lipinski definition) is 6.